The summed E-state index contributed by atoms with van der Waals surface area (Å²) in [5, 5.41) is 4.63. The third kappa shape index (κ3) is 1.78. The van der Waals surface area contributed by atoms with E-state index in [0.29, 0.717) is 11.0 Å². The van der Waals surface area contributed by atoms with Crippen LogP contribution in [0.25, 0.3) is 11.0 Å². The van der Waals surface area contributed by atoms with Gasteiger partial charge in [0.2, 0.25) is 5.95 Å². The second-order valence-corrected chi connectivity index (χ2v) is 5.27. The Morgan fingerprint density at radius 1 is 1.35 bits per heavy atom. The fraction of sp³-hybridized carbons (Fsp3) is 0.286. The number of hydrogen-bond acceptors (Lipinski definition) is 4. The Kier molecular flexibility index (Phi) is 2.94. The molecule has 0 aliphatic rings. The number of anilines is 1. The van der Waals surface area contributed by atoms with Crippen LogP contribution in [0, 0.1) is 13.8 Å². The van der Waals surface area contributed by atoms with E-state index >= 15 is 0 Å². The molecule has 0 amide bonds. The summed E-state index contributed by atoms with van der Waals surface area (Å²) in [6, 6.07) is 5.55. The van der Waals surface area contributed by atoms with E-state index in [1.165, 1.54) is 0 Å². The van der Waals surface area contributed by atoms with Crippen LogP contribution in [0.3, 0.4) is 0 Å². The van der Waals surface area contributed by atoms with Crippen molar-refractivity contribution in [3.8, 4) is 0 Å². The summed E-state index contributed by atoms with van der Waals surface area (Å²) >= 11 is 6.31. The molecule has 0 aliphatic heterocycles. The van der Waals surface area contributed by atoms with Crippen LogP contribution in [-0.4, -0.2) is 14.7 Å². The van der Waals surface area contributed by atoms with Crippen molar-refractivity contribution in [2.24, 2.45) is 0 Å². The maximum atomic E-state index is 6.31. The second-order valence-electron chi connectivity index (χ2n) is 4.86. The molecule has 20 heavy (non-hydrogen) atoms. The van der Waals surface area contributed by atoms with Crippen LogP contribution in [0.15, 0.2) is 22.7 Å². The lowest BCUT2D eigenvalue weighted by Gasteiger charge is -2.16. The van der Waals surface area contributed by atoms with E-state index in [9.17, 15) is 0 Å². The lowest BCUT2D eigenvalue weighted by molar-refractivity contribution is 0.391. The second kappa shape index (κ2) is 4.52. The third-order valence-corrected chi connectivity index (χ3v) is 3.89. The molecule has 0 spiro atoms. The Morgan fingerprint density at radius 3 is 2.75 bits per heavy atom. The molecule has 0 aliphatic carbocycles. The standard InChI is InChI=1S/C14H15ClN4O/c1-7-12(9(3)20-18-7)8(2)19-13-10(15)5-4-6-11(13)17-14(19)16/h4-6,8H,1-3H3,(H2,16,17). The molecule has 5 nitrogen and oxygen atoms in total. The van der Waals surface area contributed by atoms with Crippen molar-refractivity contribution in [2.75, 3.05) is 5.73 Å². The van der Waals surface area contributed by atoms with E-state index in [1.807, 2.05) is 43.5 Å². The van der Waals surface area contributed by atoms with Crippen molar-refractivity contribution in [1.82, 2.24) is 14.7 Å². The van der Waals surface area contributed by atoms with Gasteiger partial charge < -0.3 is 14.8 Å². The van der Waals surface area contributed by atoms with Gasteiger partial charge in [-0.2, -0.15) is 0 Å². The lowest BCUT2D eigenvalue weighted by Crippen LogP contribution is -2.11. The zero-order chi connectivity index (χ0) is 14.4. The molecule has 0 radical (unpaired) electrons. The molecule has 2 N–H and O–H groups in total. The highest BCUT2D eigenvalue weighted by Gasteiger charge is 2.22. The van der Waals surface area contributed by atoms with E-state index in [4.69, 9.17) is 21.9 Å². The maximum Gasteiger partial charge on any atom is 0.201 e. The van der Waals surface area contributed by atoms with Crippen LogP contribution in [-0.2, 0) is 0 Å². The first kappa shape index (κ1) is 13.0. The number of fused-ring (bicyclic) bond motifs is 1. The molecule has 3 aromatic rings. The van der Waals surface area contributed by atoms with Crippen molar-refractivity contribution in [3.63, 3.8) is 0 Å². The quantitative estimate of drug-likeness (QED) is 0.784. The number of aryl methyl sites for hydroxylation is 2. The molecule has 0 saturated heterocycles. The van der Waals surface area contributed by atoms with Crippen molar-refractivity contribution in [1.29, 1.82) is 0 Å². The van der Waals surface area contributed by atoms with Crippen LogP contribution in [0.5, 0.6) is 0 Å². The zero-order valence-corrected chi connectivity index (χ0v) is 12.3. The number of imidazole rings is 1. The molecule has 2 aromatic heterocycles. The first-order valence-corrected chi connectivity index (χ1v) is 6.73. The fourth-order valence-electron chi connectivity index (χ4n) is 2.73. The minimum absolute atomic E-state index is 0.0499. The predicted octanol–water partition coefficient (Wildman–Crippen LogP) is 3.49. The number of nitrogens with two attached hydrogens (primary N) is 1. The molecule has 104 valence electrons. The van der Waals surface area contributed by atoms with Gasteiger partial charge in [0.1, 0.15) is 5.76 Å². The van der Waals surface area contributed by atoms with Gasteiger partial charge in [0.25, 0.3) is 0 Å². The molecule has 2 heterocycles. The van der Waals surface area contributed by atoms with E-state index in [2.05, 4.69) is 10.1 Å². The topological polar surface area (TPSA) is 69.9 Å². The Hall–Kier alpha value is -2.01. The predicted molar refractivity (Wildman–Crippen MR) is 78.9 cm³/mol. The molecule has 1 atom stereocenters. The van der Waals surface area contributed by atoms with Crippen molar-refractivity contribution in [3.05, 3.63) is 40.2 Å². The van der Waals surface area contributed by atoms with Crippen molar-refractivity contribution in [2.45, 2.75) is 26.8 Å². The van der Waals surface area contributed by atoms with Gasteiger partial charge in [-0.1, -0.05) is 22.8 Å². The molecule has 0 fully saturated rings. The minimum Gasteiger partial charge on any atom is -0.369 e. The number of nitrogens with zero attached hydrogens (tertiary/aromatic N) is 3. The first-order valence-electron chi connectivity index (χ1n) is 6.35. The summed E-state index contributed by atoms with van der Waals surface area (Å²) in [4.78, 5) is 4.37. The number of hydrogen-bond donors (Lipinski definition) is 1. The number of nitrogen functional groups attached to an aromatic ring is 1. The van der Waals surface area contributed by atoms with Crippen molar-refractivity contribution >= 4 is 28.6 Å². The summed E-state index contributed by atoms with van der Waals surface area (Å²) in [7, 11) is 0. The highest BCUT2D eigenvalue weighted by molar-refractivity contribution is 6.35. The Morgan fingerprint density at radius 2 is 2.10 bits per heavy atom. The molecule has 0 saturated carbocycles. The van der Waals surface area contributed by atoms with Crippen LogP contribution < -0.4 is 5.73 Å². The highest BCUT2D eigenvalue weighted by Crippen LogP contribution is 2.33. The summed E-state index contributed by atoms with van der Waals surface area (Å²) in [5.41, 5.74) is 9.55. The average Bonchev–Trinajstić information content (AvgIpc) is 2.90. The van der Waals surface area contributed by atoms with Gasteiger partial charge in [0.05, 0.1) is 27.8 Å². The maximum absolute atomic E-state index is 6.31. The van der Waals surface area contributed by atoms with Gasteiger partial charge >= 0.3 is 0 Å². The largest absolute Gasteiger partial charge is 0.369 e. The van der Waals surface area contributed by atoms with Crippen LogP contribution >= 0.6 is 11.6 Å². The first-order chi connectivity index (χ1) is 9.50. The molecule has 1 aromatic carbocycles. The van der Waals surface area contributed by atoms with E-state index in [-0.39, 0.29) is 6.04 Å². The number of halogens is 1. The van der Waals surface area contributed by atoms with E-state index < -0.39 is 0 Å². The molecule has 3 rings (SSSR count). The Labute approximate surface area is 121 Å². The van der Waals surface area contributed by atoms with Gasteiger partial charge in [-0.3, -0.25) is 0 Å². The number of rotatable bonds is 2. The number of aromatic nitrogens is 3. The minimum atomic E-state index is -0.0499. The van der Waals surface area contributed by atoms with Crippen LogP contribution in [0.2, 0.25) is 5.02 Å². The van der Waals surface area contributed by atoms with Gasteiger partial charge in [0.15, 0.2) is 0 Å². The van der Waals surface area contributed by atoms with E-state index in [1.54, 1.807) is 0 Å². The Balaban J connectivity index is 2.27. The van der Waals surface area contributed by atoms with Gasteiger partial charge in [-0.05, 0) is 32.9 Å². The van der Waals surface area contributed by atoms with Crippen LogP contribution in [0.1, 0.15) is 30.0 Å². The summed E-state index contributed by atoms with van der Waals surface area (Å²) in [6.45, 7) is 5.84. The van der Waals surface area contributed by atoms with Gasteiger partial charge in [-0.15, -0.1) is 0 Å². The summed E-state index contributed by atoms with van der Waals surface area (Å²) in [6.07, 6.45) is 0. The third-order valence-electron chi connectivity index (χ3n) is 3.58. The SMILES string of the molecule is Cc1noc(C)c1C(C)n1c(N)nc2cccc(Cl)c21. The number of para-hydroxylation sites is 1. The Bertz CT molecular complexity index is 770. The zero-order valence-electron chi connectivity index (χ0n) is 11.5. The fourth-order valence-corrected chi connectivity index (χ4v) is 2.99. The smallest absolute Gasteiger partial charge is 0.201 e. The highest BCUT2D eigenvalue weighted by atomic mass is 35.5. The normalized spacial score (nSPS) is 13.0. The molecular weight excluding hydrogens is 276 g/mol. The number of benzene rings is 1. The van der Waals surface area contributed by atoms with Gasteiger partial charge in [-0.25, -0.2) is 4.98 Å². The lowest BCUT2D eigenvalue weighted by atomic mass is 10.1. The van der Waals surface area contributed by atoms with Crippen molar-refractivity contribution < 1.29 is 4.52 Å². The molecule has 0 bridgehead atoms. The summed E-state index contributed by atoms with van der Waals surface area (Å²) in [5.74, 6) is 1.21. The monoisotopic (exact) mass is 290 g/mol. The van der Waals surface area contributed by atoms with Gasteiger partial charge in [0, 0.05) is 5.56 Å². The molecular formula is C14H15ClN4O. The summed E-state index contributed by atoms with van der Waals surface area (Å²) < 4.78 is 7.16. The van der Waals surface area contributed by atoms with E-state index in [0.717, 1.165) is 28.1 Å². The molecule has 1 unspecified atom stereocenters. The van der Waals surface area contributed by atoms with Crippen LogP contribution in [0.4, 0.5) is 5.95 Å². The average molecular weight is 291 g/mol. The molecule has 6 heteroatoms.